The second kappa shape index (κ2) is 9.08. The van der Waals surface area contributed by atoms with E-state index < -0.39 is 30.2 Å². The lowest BCUT2D eigenvalue weighted by Gasteiger charge is -2.19. The number of aromatic nitrogens is 2. The largest absolute Gasteiger partial charge is 0.453 e. The van der Waals surface area contributed by atoms with Crippen LogP contribution in [0.5, 0.6) is 0 Å². The van der Waals surface area contributed by atoms with Crippen molar-refractivity contribution in [2.45, 2.75) is 49.4 Å². The minimum Gasteiger partial charge on any atom is -0.331 e. The smallest absolute Gasteiger partial charge is 0.331 e. The van der Waals surface area contributed by atoms with Crippen LogP contribution in [0.2, 0.25) is 0 Å². The molecule has 168 valence electrons. The molecular formula is C17H21F5N4O2S2. The first-order valence-corrected chi connectivity index (χ1v) is 10.6. The highest BCUT2D eigenvalue weighted by molar-refractivity contribution is 8.01. The third-order valence-corrected chi connectivity index (χ3v) is 6.83. The number of fused-ring (bicyclic) bond motifs is 1. The molecule has 0 bridgehead atoms. The Labute approximate surface area is 177 Å². The molecule has 2 aliphatic heterocycles. The first kappa shape index (κ1) is 24.4. The Kier molecular flexibility index (Phi) is 7.38. The van der Waals surface area contributed by atoms with Gasteiger partial charge >= 0.3 is 23.8 Å². The molecule has 2 rings (SSSR count). The van der Waals surface area contributed by atoms with Crippen molar-refractivity contribution in [2.75, 3.05) is 25.2 Å². The van der Waals surface area contributed by atoms with Crippen LogP contribution in [0.3, 0.4) is 0 Å². The van der Waals surface area contributed by atoms with Crippen molar-refractivity contribution in [1.29, 1.82) is 0 Å². The van der Waals surface area contributed by atoms with Gasteiger partial charge in [0, 0.05) is 31.1 Å². The average Bonchev–Trinajstić information content (AvgIpc) is 2.94. The zero-order valence-electron chi connectivity index (χ0n) is 16.7. The number of carbonyl (C=O) groups excluding carboxylic acids is 1. The number of rotatable bonds is 7. The summed E-state index contributed by atoms with van der Waals surface area (Å²) in [6.45, 7) is 3.53. The van der Waals surface area contributed by atoms with Crippen LogP contribution in [0.25, 0.3) is 5.69 Å². The van der Waals surface area contributed by atoms with E-state index in [2.05, 4.69) is 10.3 Å². The monoisotopic (exact) mass is 472 g/mol. The first-order chi connectivity index (χ1) is 13.8. The summed E-state index contributed by atoms with van der Waals surface area (Å²) in [5.41, 5.74) is 0.458. The van der Waals surface area contributed by atoms with E-state index in [1.54, 1.807) is 13.8 Å². The Morgan fingerprint density at radius 3 is 2.40 bits per heavy atom. The van der Waals surface area contributed by atoms with Crippen LogP contribution in [0, 0.1) is 13.8 Å². The molecular weight excluding hydrogens is 451 g/mol. The van der Waals surface area contributed by atoms with Gasteiger partial charge < -0.3 is 4.90 Å². The standard InChI is InChI=1S/C17H21F5N4O2S2/c1-9-10(2)30-13(29-8-6-5-7-16(18,19)17(20,21)22)11-12(23-14(27)25(3)4)24-15(28)26(9)11/h5-8H2,1-4H3,(H,23,24,27,28). The highest BCUT2D eigenvalue weighted by Crippen LogP contribution is 2.41. The molecule has 0 aliphatic carbocycles. The number of alkyl halides is 5. The number of hydrogen-bond donors (Lipinski definition) is 1. The summed E-state index contributed by atoms with van der Waals surface area (Å²) < 4.78 is 64.7. The van der Waals surface area contributed by atoms with Gasteiger partial charge in [0.1, 0.15) is 5.69 Å². The van der Waals surface area contributed by atoms with Gasteiger partial charge in [-0.15, -0.1) is 23.1 Å². The van der Waals surface area contributed by atoms with Crippen molar-refractivity contribution in [3.05, 3.63) is 21.1 Å². The molecule has 0 saturated heterocycles. The number of anilines is 1. The summed E-state index contributed by atoms with van der Waals surface area (Å²) in [7, 11) is 3.05. The fourth-order valence-corrected chi connectivity index (χ4v) is 4.99. The Hall–Kier alpha value is -1.89. The number of urea groups is 1. The van der Waals surface area contributed by atoms with E-state index in [1.807, 2.05) is 0 Å². The van der Waals surface area contributed by atoms with Crippen molar-refractivity contribution >= 4 is 34.9 Å². The molecule has 0 aromatic rings. The molecule has 2 amide bonds. The van der Waals surface area contributed by atoms with Crippen molar-refractivity contribution in [3.8, 4) is 5.69 Å². The molecule has 0 atom stereocenters. The quantitative estimate of drug-likeness (QED) is 0.354. The molecule has 13 heteroatoms. The van der Waals surface area contributed by atoms with Crippen molar-refractivity contribution < 1.29 is 26.7 Å². The minimum absolute atomic E-state index is 0.0733. The van der Waals surface area contributed by atoms with Gasteiger partial charge in [0.05, 0.1) is 4.21 Å². The number of unbranched alkanes of at least 4 members (excludes halogenated alkanes) is 1. The van der Waals surface area contributed by atoms with E-state index >= 15 is 0 Å². The number of hydrogen-bond acceptors (Lipinski definition) is 5. The molecule has 0 saturated carbocycles. The second-order valence-electron chi connectivity index (χ2n) is 6.79. The normalized spacial score (nSPS) is 12.4. The molecule has 1 N–H and O–H groups in total. The van der Waals surface area contributed by atoms with Gasteiger partial charge in [0.25, 0.3) is 0 Å². The van der Waals surface area contributed by atoms with Crippen LogP contribution in [0.15, 0.2) is 9.00 Å². The molecule has 0 aromatic carbocycles. The van der Waals surface area contributed by atoms with Crippen molar-refractivity contribution in [3.63, 3.8) is 0 Å². The number of nitrogens with zero attached hydrogens (tertiary/aromatic N) is 3. The molecule has 2 aliphatic rings. The Morgan fingerprint density at radius 2 is 1.83 bits per heavy atom. The summed E-state index contributed by atoms with van der Waals surface area (Å²) >= 11 is 2.56. The third kappa shape index (κ3) is 5.23. The highest BCUT2D eigenvalue weighted by Gasteiger charge is 2.56. The molecule has 0 radical (unpaired) electrons. The van der Waals surface area contributed by atoms with E-state index in [4.69, 9.17) is 0 Å². The van der Waals surface area contributed by atoms with Gasteiger partial charge in [-0.3, -0.25) is 9.88 Å². The Morgan fingerprint density at radius 1 is 1.20 bits per heavy atom. The van der Waals surface area contributed by atoms with E-state index in [0.29, 0.717) is 15.6 Å². The number of imidazole rings is 1. The summed E-state index contributed by atoms with van der Waals surface area (Å²) in [4.78, 5) is 30.3. The number of aryl methyl sites for hydroxylation is 1. The second-order valence-corrected chi connectivity index (χ2v) is 9.38. The number of thioether (sulfide) groups is 1. The summed E-state index contributed by atoms with van der Waals surface area (Å²) in [5.74, 6) is -4.37. The fraction of sp³-hybridized carbons (Fsp3) is 0.588. The average molecular weight is 473 g/mol. The predicted molar refractivity (Wildman–Crippen MR) is 107 cm³/mol. The minimum atomic E-state index is -5.55. The number of carbonyl (C=O) groups is 1. The zero-order chi connectivity index (χ0) is 22.9. The fourth-order valence-electron chi connectivity index (χ4n) is 2.47. The molecule has 2 heterocycles. The van der Waals surface area contributed by atoms with Gasteiger partial charge in [0.15, 0.2) is 5.82 Å². The van der Waals surface area contributed by atoms with Gasteiger partial charge in [-0.25, -0.2) is 9.59 Å². The Bertz CT molecular complexity index is 940. The Balaban J connectivity index is 2.19. The molecule has 0 spiro atoms. The lowest BCUT2D eigenvalue weighted by molar-refractivity contribution is -0.284. The van der Waals surface area contributed by atoms with Crippen molar-refractivity contribution in [1.82, 2.24) is 14.5 Å². The molecule has 0 fully saturated rings. The summed E-state index contributed by atoms with van der Waals surface area (Å²) in [6, 6.07) is -0.483. The van der Waals surface area contributed by atoms with Gasteiger partial charge in [-0.05, 0) is 32.4 Å². The number of halogens is 5. The van der Waals surface area contributed by atoms with Crippen LogP contribution in [-0.4, -0.2) is 52.4 Å². The van der Waals surface area contributed by atoms with E-state index in [0.717, 1.165) is 4.88 Å². The molecule has 0 aromatic heterocycles. The highest BCUT2D eigenvalue weighted by atomic mass is 32.2. The maximum absolute atomic E-state index is 13.0. The summed E-state index contributed by atoms with van der Waals surface area (Å²) in [5, 5.41) is 2.55. The maximum Gasteiger partial charge on any atom is 0.453 e. The molecule has 0 unspecified atom stereocenters. The lowest BCUT2D eigenvalue weighted by Crippen LogP contribution is -2.36. The first-order valence-electron chi connectivity index (χ1n) is 8.84. The third-order valence-electron chi connectivity index (χ3n) is 4.30. The maximum atomic E-state index is 13.0. The lowest BCUT2D eigenvalue weighted by atomic mass is 10.1. The van der Waals surface area contributed by atoms with Gasteiger partial charge in [-0.2, -0.15) is 26.9 Å². The topological polar surface area (TPSA) is 67.2 Å². The summed E-state index contributed by atoms with van der Waals surface area (Å²) in [6.07, 6.45) is -7.00. The van der Waals surface area contributed by atoms with Gasteiger partial charge in [0.2, 0.25) is 0 Å². The SMILES string of the molecule is Cc1sc(SCCCCC(F)(F)C(F)(F)F)c2c(NC(=O)N(C)C)nc(=O)n-2c1C. The predicted octanol–water partition coefficient (Wildman–Crippen LogP) is 4.90. The van der Waals surface area contributed by atoms with Crippen LogP contribution in [0.4, 0.5) is 32.6 Å². The number of nitrogens with one attached hydrogen (secondary N) is 1. The number of amides is 2. The van der Waals surface area contributed by atoms with Crippen LogP contribution in [0.1, 0.15) is 29.8 Å². The molecule has 6 nitrogen and oxygen atoms in total. The van der Waals surface area contributed by atoms with Crippen LogP contribution in [-0.2, 0) is 0 Å². The van der Waals surface area contributed by atoms with Crippen LogP contribution < -0.4 is 11.0 Å². The van der Waals surface area contributed by atoms with Gasteiger partial charge in [-0.1, -0.05) is 0 Å². The van der Waals surface area contributed by atoms with Crippen LogP contribution >= 0.6 is 23.1 Å². The van der Waals surface area contributed by atoms with E-state index in [1.165, 1.54) is 46.7 Å². The van der Waals surface area contributed by atoms with Crippen molar-refractivity contribution in [2.24, 2.45) is 0 Å². The van der Waals surface area contributed by atoms with E-state index in [9.17, 15) is 31.5 Å². The molecule has 30 heavy (non-hydrogen) atoms. The zero-order valence-corrected chi connectivity index (χ0v) is 18.3. The van der Waals surface area contributed by atoms with E-state index in [-0.39, 0.29) is 24.4 Å².